The third-order valence-electron chi connectivity index (χ3n) is 4.36. The van der Waals surface area contributed by atoms with Crippen LogP contribution in [0.4, 0.5) is 19.0 Å². The van der Waals surface area contributed by atoms with Crippen molar-refractivity contribution in [1.29, 1.82) is 0 Å². The second-order valence-corrected chi connectivity index (χ2v) is 7.65. The van der Waals surface area contributed by atoms with Crippen molar-refractivity contribution in [1.82, 2.24) is 4.98 Å². The summed E-state index contributed by atoms with van der Waals surface area (Å²) in [7, 11) is 0. The van der Waals surface area contributed by atoms with E-state index >= 15 is 0 Å². The molecule has 166 valence electrons. The predicted octanol–water partition coefficient (Wildman–Crippen LogP) is 5.28. The van der Waals surface area contributed by atoms with E-state index in [0.29, 0.717) is 16.4 Å². The Morgan fingerprint density at radius 1 is 1.09 bits per heavy atom. The lowest BCUT2D eigenvalue weighted by Crippen LogP contribution is -2.23. The molecule has 0 bridgehead atoms. The van der Waals surface area contributed by atoms with Gasteiger partial charge in [-0.3, -0.25) is 9.79 Å². The number of allylic oxidation sites excluding steroid dienone is 4. The Hall–Kier alpha value is -3.10. The van der Waals surface area contributed by atoms with Gasteiger partial charge in [0.1, 0.15) is 11.5 Å². The van der Waals surface area contributed by atoms with Crippen molar-refractivity contribution in [3.05, 3.63) is 94.8 Å². The Kier molecular flexibility index (Phi) is 7.37. The summed E-state index contributed by atoms with van der Waals surface area (Å²) >= 11 is 12.0. The molecule has 1 aromatic carbocycles. The molecule has 2 atom stereocenters. The van der Waals surface area contributed by atoms with Gasteiger partial charge in [-0.1, -0.05) is 48.0 Å². The SMILES string of the molecule is NC(=CC(=NC1C=CC=CC1Cl)c1ccc(C(=O)Nc2ccc(Cl)cn2)cc1)C(F)(F)F. The van der Waals surface area contributed by atoms with Crippen LogP contribution in [0.2, 0.25) is 5.02 Å². The fourth-order valence-electron chi connectivity index (χ4n) is 2.70. The number of amides is 1. The molecule has 2 unspecified atom stereocenters. The van der Waals surface area contributed by atoms with Crippen LogP contribution in [-0.4, -0.2) is 34.2 Å². The molecule has 0 radical (unpaired) electrons. The number of rotatable bonds is 5. The summed E-state index contributed by atoms with van der Waals surface area (Å²) in [6, 6.07) is 8.42. The van der Waals surface area contributed by atoms with Crippen LogP contribution in [-0.2, 0) is 0 Å². The van der Waals surface area contributed by atoms with Crippen molar-refractivity contribution in [3.63, 3.8) is 0 Å². The molecule has 1 aromatic heterocycles. The molecule has 0 saturated heterocycles. The van der Waals surface area contributed by atoms with E-state index in [2.05, 4.69) is 15.3 Å². The van der Waals surface area contributed by atoms with Crippen molar-refractivity contribution in [3.8, 4) is 0 Å². The normalized spacial score (nSPS) is 19.2. The van der Waals surface area contributed by atoms with Gasteiger partial charge in [0.05, 0.1) is 22.2 Å². The number of aliphatic imine (C=N–C) groups is 1. The first kappa shape index (κ1) is 23.6. The number of nitrogens with two attached hydrogens (primary N) is 1. The van der Waals surface area contributed by atoms with E-state index in [1.165, 1.54) is 30.5 Å². The molecule has 0 aliphatic heterocycles. The second kappa shape index (κ2) is 10.0. The molecular weight excluding hydrogens is 464 g/mol. The van der Waals surface area contributed by atoms with E-state index in [-0.39, 0.29) is 11.3 Å². The fourth-order valence-corrected chi connectivity index (χ4v) is 3.03. The van der Waals surface area contributed by atoms with E-state index < -0.39 is 29.2 Å². The van der Waals surface area contributed by atoms with Crippen molar-refractivity contribution in [2.75, 3.05) is 5.32 Å². The second-order valence-electron chi connectivity index (χ2n) is 6.71. The molecule has 10 heteroatoms. The highest BCUT2D eigenvalue weighted by Crippen LogP contribution is 2.23. The lowest BCUT2D eigenvalue weighted by molar-refractivity contribution is -0.0925. The van der Waals surface area contributed by atoms with Crippen LogP contribution in [0.3, 0.4) is 0 Å². The van der Waals surface area contributed by atoms with E-state index in [4.69, 9.17) is 28.9 Å². The molecule has 1 heterocycles. The Labute approximate surface area is 192 Å². The van der Waals surface area contributed by atoms with Gasteiger partial charge in [0.2, 0.25) is 0 Å². The van der Waals surface area contributed by atoms with Gasteiger partial charge in [-0.15, -0.1) is 11.6 Å². The summed E-state index contributed by atoms with van der Waals surface area (Å²) in [4.78, 5) is 20.8. The van der Waals surface area contributed by atoms with Gasteiger partial charge in [0.15, 0.2) is 0 Å². The van der Waals surface area contributed by atoms with Crippen molar-refractivity contribution >= 4 is 40.6 Å². The van der Waals surface area contributed by atoms with Gasteiger partial charge < -0.3 is 11.1 Å². The number of hydrogen-bond acceptors (Lipinski definition) is 4. The van der Waals surface area contributed by atoms with Crippen molar-refractivity contribution in [2.24, 2.45) is 10.7 Å². The Morgan fingerprint density at radius 2 is 1.75 bits per heavy atom. The minimum absolute atomic E-state index is 0.0123. The summed E-state index contributed by atoms with van der Waals surface area (Å²) in [6.45, 7) is 0. The van der Waals surface area contributed by atoms with Crippen LogP contribution in [0.15, 0.2) is 83.7 Å². The summed E-state index contributed by atoms with van der Waals surface area (Å²) in [5.74, 6) is -0.145. The number of pyridine rings is 1. The Morgan fingerprint density at radius 3 is 2.34 bits per heavy atom. The third-order valence-corrected chi connectivity index (χ3v) is 4.99. The predicted molar refractivity (Wildman–Crippen MR) is 120 cm³/mol. The topological polar surface area (TPSA) is 80.4 Å². The number of hydrogen-bond donors (Lipinski definition) is 2. The molecule has 2 aromatic rings. The largest absolute Gasteiger partial charge is 0.430 e. The number of aromatic nitrogens is 1. The van der Waals surface area contributed by atoms with Gasteiger partial charge in [0, 0.05) is 11.8 Å². The number of nitrogens with one attached hydrogen (secondary N) is 1. The molecule has 1 amide bonds. The zero-order valence-corrected chi connectivity index (χ0v) is 17.9. The van der Waals surface area contributed by atoms with Crippen LogP contribution in [0.1, 0.15) is 15.9 Å². The maximum absolute atomic E-state index is 13.0. The first-order valence-electron chi connectivity index (χ1n) is 9.28. The molecule has 1 aliphatic carbocycles. The van der Waals surface area contributed by atoms with E-state index in [0.717, 1.165) is 6.08 Å². The van der Waals surface area contributed by atoms with Crippen LogP contribution in [0.5, 0.6) is 0 Å². The monoisotopic (exact) mass is 480 g/mol. The Bertz CT molecular complexity index is 1090. The third kappa shape index (κ3) is 6.21. The number of carbonyl (C=O) groups excluding carboxylic acids is 1. The van der Waals surface area contributed by atoms with Crippen molar-refractivity contribution in [2.45, 2.75) is 17.6 Å². The van der Waals surface area contributed by atoms with E-state index in [1.807, 2.05) is 0 Å². The van der Waals surface area contributed by atoms with Gasteiger partial charge in [-0.05, 0) is 35.9 Å². The number of halogens is 5. The standard InChI is InChI=1S/C22H17Cl2F3N4O/c23-15-9-10-20(29-12-15)31-21(32)14-7-5-13(6-8-14)18(11-19(28)22(25,26)27)30-17-4-2-1-3-16(17)24/h1-12,16-17H,28H2,(H,29,31,32). The van der Waals surface area contributed by atoms with Crippen LogP contribution < -0.4 is 11.1 Å². The Balaban J connectivity index is 1.88. The zero-order valence-electron chi connectivity index (χ0n) is 16.4. The molecule has 3 N–H and O–H groups in total. The highest BCUT2D eigenvalue weighted by Gasteiger charge is 2.32. The van der Waals surface area contributed by atoms with Crippen LogP contribution >= 0.6 is 23.2 Å². The van der Waals surface area contributed by atoms with Crippen molar-refractivity contribution < 1.29 is 18.0 Å². The molecule has 5 nitrogen and oxygen atoms in total. The number of anilines is 1. The highest BCUT2D eigenvalue weighted by molar-refractivity contribution is 6.30. The summed E-state index contributed by atoms with van der Waals surface area (Å²) in [5, 5.41) is 2.51. The average molecular weight is 481 g/mol. The maximum Gasteiger partial charge on any atom is 0.430 e. The molecule has 3 rings (SSSR count). The number of benzene rings is 1. The minimum Gasteiger partial charge on any atom is -0.395 e. The number of carbonyl (C=O) groups is 1. The molecule has 0 spiro atoms. The summed E-state index contributed by atoms with van der Waals surface area (Å²) in [5.41, 5.74) is 4.51. The van der Waals surface area contributed by atoms with E-state index in [1.54, 1.807) is 36.4 Å². The summed E-state index contributed by atoms with van der Waals surface area (Å²) in [6.07, 6.45) is 4.22. The smallest absolute Gasteiger partial charge is 0.395 e. The van der Waals surface area contributed by atoms with Crippen LogP contribution in [0, 0.1) is 0 Å². The lowest BCUT2D eigenvalue weighted by Gasteiger charge is -2.16. The maximum atomic E-state index is 13.0. The van der Waals surface area contributed by atoms with Gasteiger partial charge in [-0.25, -0.2) is 4.98 Å². The zero-order chi connectivity index (χ0) is 23.3. The van der Waals surface area contributed by atoms with Crippen LogP contribution in [0.25, 0.3) is 0 Å². The quantitative estimate of drug-likeness (QED) is 0.450. The first-order chi connectivity index (χ1) is 15.1. The molecule has 32 heavy (non-hydrogen) atoms. The van der Waals surface area contributed by atoms with Gasteiger partial charge in [0.25, 0.3) is 5.91 Å². The fraction of sp³-hybridized carbons (Fsp3) is 0.136. The minimum atomic E-state index is -4.71. The summed E-state index contributed by atoms with van der Waals surface area (Å²) < 4.78 is 39.0. The number of nitrogens with zero attached hydrogens (tertiary/aromatic N) is 2. The van der Waals surface area contributed by atoms with E-state index in [9.17, 15) is 18.0 Å². The lowest BCUT2D eigenvalue weighted by atomic mass is 10.0. The molecule has 0 fully saturated rings. The number of alkyl halides is 4. The van der Waals surface area contributed by atoms with Gasteiger partial charge in [-0.2, -0.15) is 13.2 Å². The molecule has 1 aliphatic rings. The molecule has 0 saturated carbocycles. The highest BCUT2D eigenvalue weighted by atomic mass is 35.5. The van der Waals surface area contributed by atoms with Gasteiger partial charge >= 0.3 is 6.18 Å². The molecular formula is C22H17Cl2F3N4O. The first-order valence-corrected chi connectivity index (χ1v) is 10.1. The average Bonchev–Trinajstić information content (AvgIpc) is 2.75.